The maximum Gasteiger partial charge on any atom is 0.151 e. The molecular formula is C18H19NS2. The molecule has 2 aromatic carbocycles. The van der Waals surface area contributed by atoms with E-state index in [2.05, 4.69) is 68.4 Å². The summed E-state index contributed by atoms with van der Waals surface area (Å²) in [6.45, 7) is 4.62. The van der Waals surface area contributed by atoms with Crippen molar-refractivity contribution in [2.45, 2.75) is 35.8 Å². The summed E-state index contributed by atoms with van der Waals surface area (Å²) in [4.78, 5) is 4.73. The number of thioether (sulfide) groups is 1. The van der Waals surface area contributed by atoms with Gasteiger partial charge in [-0.25, -0.2) is 4.98 Å². The lowest BCUT2D eigenvalue weighted by atomic mass is 10.0. The predicted octanol–water partition coefficient (Wildman–Crippen LogP) is 5.80. The Balaban J connectivity index is 1.67. The van der Waals surface area contributed by atoms with Crippen molar-refractivity contribution in [3.8, 4) is 0 Å². The highest BCUT2D eigenvalue weighted by molar-refractivity contribution is 8.02. The third-order valence-electron chi connectivity index (χ3n) is 3.50. The number of aromatic nitrogens is 1. The van der Waals surface area contributed by atoms with Gasteiger partial charge in [-0.15, -0.1) is 11.3 Å². The molecule has 3 rings (SSSR count). The van der Waals surface area contributed by atoms with E-state index in [1.165, 1.54) is 14.6 Å². The summed E-state index contributed by atoms with van der Waals surface area (Å²) in [5, 5.41) is 0. The molecule has 0 fully saturated rings. The van der Waals surface area contributed by atoms with Crippen LogP contribution in [-0.2, 0) is 6.42 Å². The molecule has 1 nitrogen and oxygen atoms in total. The molecule has 3 heteroatoms. The molecule has 0 spiro atoms. The Morgan fingerprint density at radius 3 is 2.48 bits per heavy atom. The van der Waals surface area contributed by atoms with Crippen LogP contribution in [0.3, 0.4) is 0 Å². The third kappa shape index (κ3) is 3.86. The van der Waals surface area contributed by atoms with E-state index >= 15 is 0 Å². The minimum atomic E-state index is 0.198. The molecule has 1 aromatic heterocycles. The van der Waals surface area contributed by atoms with Crippen LogP contribution in [0.25, 0.3) is 10.2 Å². The number of benzene rings is 2. The monoisotopic (exact) mass is 313 g/mol. The molecule has 0 N–H and O–H groups in total. The fraction of sp³-hybridized carbons (Fsp3) is 0.278. The fourth-order valence-electron chi connectivity index (χ4n) is 2.27. The largest absolute Gasteiger partial charge is 0.230 e. The number of nitrogens with zero attached hydrogens (tertiary/aromatic N) is 1. The smallest absolute Gasteiger partial charge is 0.151 e. The van der Waals surface area contributed by atoms with E-state index in [-0.39, 0.29) is 4.75 Å². The molecule has 0 aliphatic rings. The van der Waals surface area contributed by atoms with Gasteiger partial charge in [0.2, 0.25) is 0 Å². The van der Waals surface area contributed by atoms with Gasteiger partial charge in [0.25, 0.3) is 0 Å². The lowest BCUT2D eigenvalue weighted by molar-refractivity contribution is 0.639. The van der Waals surface area contributed by atoms with Crippen LogP contribution in [0.4, 0.5) is 0 Å². The van der Waals surface area contributed by atoms with Gasteiger partial charge in [-0.3, -0.25) is 0 Å². The highest BCUT2D eigenvalue weighted by Gasteiger charge is 2.21. The molecule has 0 saturated carbocycles. The minimum Gasteiger partial charge on any atom is -0.230 e. The number of rotatable bonds is 5. The quantitative estimate of drug-likeness (QED) is 0.552. The Hall–Kier alpha value is -1.32. The van der Waals surface area contributed by atoms with Gasteiger partial charge in [0.1, 0.15) is 0 Å². The van der Waals surface area contributed by atoms with Crippen LogP contribution in [0.1, 0.15) is 25.8 Å². The second-order valence-corrected chi connectivity index (χ2v) is 8.78. The Labute approximate surface area is 134 Å². The molecule has 0 amide bonds. The molecule has 108 valence electrons. The van der Waals surface area contributed by atoms with Crippen LogP contribution in [0.5, 0.6) is 0 Å². The van der Waals surface area contributed by atoms with Crippen molar-refractivity contribution in [2.75, 3.05) is 0 Å². The maximum absolute atomic E-state index is 4.73. The number of thiazole rings is 1. The number of hydrogen-bond donors (Lipinski definition) is 0. The molecule has 0 bridgehead atoms. The summed E-state index contributed by atoms with van der Waals surface area (Å²) < 4.78 is 2.65. The van der Waals surface area contributed by atoms with Crippen molar-refractivity contribution >= 4 is 33.3 Å². The summed E-state index contributed by atoms with van der Waals surface area (Å²) in [5.74, 6) is 0. The van der Waals surface area contributed by atoms with Crippen LogP contribution >= 0.6 is 23.1 Å². The molecular weight excluding hydrogens is 294 g/mol. The average Bonchev–Trinajstić information content (AvgIpc) is 2.87. The second-order valence-electron chi connectivity index (χ2n) is 5.79. The van der Waals surface area contributed by atoms with Gasteiger partial charge >= 0.3 is 0 Å². The molecule has 1 heterocycles. The number of aryl methyl sites for hydroxylation is 1. The first-order valence-corrected chi connectivity index (χ1v) is 8.84. The van der Waals surface area contributed by atoms with Crippen molar-refractivity contribution < 1.29 is 0 Å². The summed E-state index contributed by atoms with van der Waals surface area (Å²) in [6, 6.07) is 19.1. The van der Waals surface area contributed by atoms with E-state index in [9.17, 15) is 0 Å². The highest BCUT2D eigenvalue weighted by Crippen LogP contribution is 2.39. The lowest BCUT2D eigenvalue weighted by Crippen LogP contribution is -2.15. The molecule has 0 unspecified atom stereocenters. The van der Waals surface area contributed by atoms with E-state index < -0.39 is 0 Å². The molecule has 0 saturated heterocycles. The first kappa shape index (κ1) is 14.6. The highest BCUT2D eigenvalue weighted by atomic mass is 32.2. The molecule has 0 aliphatic heterocycles. The van der Waals surface area contributed by atoms with Gasteiger partial charge in [0.15, 0.2) is 4.34 Å². The van der Waals surface area contributed by atoms with Crippen LogP contribution in [0, 0.1) is 0 Å². The van der Waals surface area contributed by atoms with E-state index in [0.29, 0.717) is 0 Å². The molecule has 3 aromatic rings. The number of para-hydroxylation sites is 1. The van der Waals surface area contributed by atoms with Gasteiger partial charge < -0.3 is 0 Å². The molecule has 21 heavy (non-hydrogen) atoms. The zero-order valence-corrected chi connectivity index (χ0v) is 14.0. The summed E-state index contributed by atoms with van der Waals surface area (Å²) in [7, 11) is 0. The topological polar surface area (TPSA) is 12.9 Å². The zero-order chi connectivity index (χ0) is 14.7. The van der Waals surface area contributed by atoms with E-state index in [0.717, 1.165) is 18.4 Å². The summed E-state index contributed by atoms with van der Waals surface area (Å²) in [5.41, 5.74) is 2.53. The van der Waals surface area contributed by atoms with Gasteiger partial charge in [-0.2, -0.15) is 0 Å². The Kier molecular flexibility index (Phi) is 4.32. The van der Waals surface area contributed by atoms with Gasteiger partial charge in [0.05, 0.1) is 10.2 Å². The van der Waals surface area contributed by atoms with Gasteiger partial charge in [-0.05, 0) is 30.5 Å². The molecule has 0 radical (unpaired) electrons. The number of fused-ring (bicyclic) bond motifs is 1. The first-order valence-electron chi connectivity index (χ1n) is 7.21. The normalized spacial score (nSPS) is 11.9. The predicted molar refractivity (Wildman–Crippen MR) is 94.3 cm³/mol. The first-order chi connectivity index (χ1) is 10.1. The van der Waals surface area contributed by atoms with Crippen molar-refractivity contribution in [2.24, 2.45) is 0 Å². The standard InChI is InChI=1S/C18H19NS2/c1-18(2,13-12-14-8-4-3-5-9-14)21-17-19-15-10-6-7-11-16(15)20-17/h3-11H,12-13H2,1-2H3. The number of hydrogen-bond acceptors (Lipinski definition) is 3. The SMILES string of the molecule is CC(C)(CCc1ccccc1)Sc1nc2ccccc2s1. The van der Waals surface area contributed by atoms with E-state index in [1.807, 2.05) is 11.8 Å². The molecule has 0 atom stereocenters. The Morgan fingerprint density at radius 2 is 1.71 bits per heavy atom. The van der Waals surface area contributed by atoms with Gasteiger partial charge in [0, 0.05) is 4.75 Å². The fourth-order valence-corrected chi connectivity index (χ4v) is 4.90. The maximum atomic E-state index is 4.73. The van der Waals surface area contributed by atoms with Crippen molar-refractivity contribution in [1.29, 1.82) is 0 Å². The molecule has 0 aliphatic carbocycles. The van der Waals surface area contributed by atoms with Crippen LogP contribution < -0.4 is 0 Å². The van der Waals surface area contributed by atoms with Crippen molar-refractivity contribution in [1.82, 2.24) is 4.98 Å². The average molecular weight is 313 g/mol. The van der Waals surface area contributed by atoms with Crippen LogP contribution in [-0.4, -0.2) is 9.73 Å². The van der Waals surface area contributed by atoms with E-state index in [1.54, 1.807) is 11.3 Å². The summed E-state index contributed by atoms with van der Waals surface area (Å²) in [6.07, 6.45) is 2.27. The second kappa shape index (κ2) is 6.20. The lowest BCUT2D eigenvalue weighted by Gasteiger charge is -2.22. The third-order valence-corrected chi connectivity index (χ3v) is 5.85. The van der Waals surface area contributed by atoms with Crippen molar-refractivity contribution in [3.05, 3.63) is 60.2 Å². The Bertz CT molecular complexity index is 683. The van der Waals surface area contributed by atoms with E-state index in [4.69, 9.17) is 4.98 Å². The van der Waals surface area contributed by atoms with Gasteiger partial charge in [-0.1, -0.05) is 68.1 Å². The van der Waals surface area contributed by atoms with Crippen molar-refractivity contribution in [3.63, 3.8) is 0 Å². The summed E-state index contributed by atoms with van der Waals surface area (Å²) >= 11 is 3.70. The zero-order valence-electron chi connectivity index (χ0n) is 12.4. The van der Waals surface area contributed by atoms with Crippen LogP contribution in [0.2, 0.25) is 0 Å². The minimum absolute atomic E-state index is 0.198. The Morgan fingerprint density at radius 1 is 1.00 bits per heavy atom. The van der Waals surface area contributed by atoms with Crippen LogP contribution in [0.15, 0.2) is 58.9 Å².